The van der Waals surface area contributed by atoms with Crippen molar-refractivity contribution in [2.75, 3.05) is 13.1 Å². The fourth-order valence-electron chi connectivity index (χ4n) is 1.03. The van der Waals surface area contributed by atoms with Gasteiger partial charge in [-0.25, -0.2) is 0 Å². The molecule has 0 saturated carbocycles. The van der Waals surface area contributed by atoms with E-state index in [9.17, 15) is 4.79 Å². The number of carbonyl (C=O) groups is 1. The first-order valence-electron chi connectivity index (χ1n) is 4.11. The third-order valence-corrected chi connectivity index (χ3v) is 1.77. The molecule has 1 saturated heterocycles. The standard InChI is InChI=1S/C8H15NO2/c1-6(2)8(10)11-7-3-4-9-5-7/h6-7,9H,3-5H2,1-2H3/t7-/m1/s1. The van der Waals surface area contributed by atoms with Crippen molar-refractivity contribution >= 4 is 5.97 Å². The Labute approximate surface area is 67.1 Å². The molecule has 0 aliphatic carbocycles. The maximum atomic E-state index is 11.0. The molecule has 1 aliphatic heterocycles. The van der Waals surface area contributed by atoms with Gasteiger partial charge in [0.2, 0.25) is 0 Å². The minimum absolute atomic E-state index is 0.00407. The summed E-state index contributed by atoms with van der Waals surface area (Å²) in [7, 11) is 0. The van der Waals surface area contributed by atoms with Gasteiger partial charge < -0.3 is 10.1 Å². The minimum atomic E-state index is -0.0845. The summed E-state index contributed by atoms with van der Waals surface area (Å²) >= 11 is 0. The second kappa shape index (κ2) is 3.72. The zero-order valence-electron chi connectivity index (χ0n) is 7.09. The smallest absolute Gasteiger partial charge is 0.308 e. The summed E-state index contributed by atoms with van der Waals surface area (Å²) in [6, 6.07) is 0. The van der Waals surface area contributed by atoms with Crippen molar-refractivity contribution in [3.63, 3.8) is 0 Å². The van der Waals surface area contributed by atoms with Gasteiger partial charge in [-0.2, -0.15) is 0 Å². The van der Waals surface area contributed by atoms with Gasteiger partial charge in [-0.15, -0.1) is 0 Å². The summed E-state index contributed by atoms with van der Waals surface area (Å²) in [6.07, 6.45) is 1.07. The highest BCUT2D eigenvalue weighted by Gasteiger charge is 2.19. The lowest BCUT2D eigenvalue weighted by atomic mass is 10.2. The van der Waals surface area contributed by atoms with Crippen LogP contribution in [0.5, 0.6) is 0 Å². The summed E-state index contributed by atoms with van der Waals surface area (Å²) in [5.41, 5.74) is 0. The Balaban J connectivity index is 2.24. The summed E-state index contributed by atoms with van der Waals surface area (Å²) in [6.45, 7) is 5.49. The lowest BCUT2D eigenvalue weighted by Crippen LogP contribution is -2.23. The van der Waals surface area contributed by atoms with Crippen LogP contribution in [0.2, 0.25) is 0 Å². The van der Waals surface area contributed by atoms with Crippen LogP contribution in [0.3, 0.4) is 0 Å². The number of rotatable bonds is 2. The average Bonchev–Trinajstić information content (AvgIpc) is 2.39. The minimum Gasteiger partial charge on any atom is -0.461 e. The molecule has 3 heteroatoms. The molecule has 1 N–H and O–H groups in total. The molecular weight excluding hydrogens is 142 g/mol. The fourth-order valence-corrected chi connectivity index (χ4v) is 1.03. The molecular formula is C8H15NO2. The van der Waals surface area contributed by atoms with E-state index in [4.69, 9.17) is 4.74 Å². The molecule has 1 rings (SSSR count). The van der Waals surface area contributed by atoms with Gasteiger partial charge >= 0.3 is 5.97 Å². The highest BCUT2D eigenvalue weighted by Crippen LogP contribution is 2.06. The zero-order chi connectivity index (χ0) is 8.27. The van der Waals surface area contributed by atoms with Crippen LogP contribution in [0.25, 0.3) is 0 Å². The van der Waals surface area contributed by atoms with Crippen LogP contribution in [0, 0.1) is 5.92 Å². The Kier molecular flexibility index (Phi) is 2.88. The Morgan fingerprint density at radius 2 is 2.36 bits per heavy atom. The van der Waals surface area contributed by atoms with Crippen molar-refractivity contribution in [3.8, 4) is 0 Å². The highest BCUT2D eigenvalue weighted by atomic mass is 16.5. The fraction of sp³-hybridized carbons (Fsp3) is 0.875. The van der Waals surface area contributed by atoms with Gasteiger partial charge in [0, 0.05) is 6.54 Å². The summed E-state index contributed by atoms with van der Waals surface area (Å²) in [5.74, 6) is -0.0886. The monoisotopic (exact) mass is 157 g/mol. The number of hydrogen-bond donors (Lipinski definition) is 1. The second-order valence-electron chi connectivity index (χ2n) is 3.21. The van der Waals surface area contributed by atoms with E-state index in [1.807, 2.05) is 13.8 Å². The van der Waals surface area contributed by atoms with Crippen LogP contribution in [-0.4, -0.2) is 25.2 Å². The van der Waals surface area contributed by atoms with Gasteiger partial charge in [0.15, 0.2) is 0 Å². The topological polar surface area (TPSA) is 38.3 Å². The molecule has 0 aromatic carbocycles. The van der Waals surface area contributed by atoms with Crippen molar-refractivity contribution in [2.45, 2.75) is 26.4 Å². The third kappa shape index (κ3) is 2.50. The number of hydrogen-bond acceptors (Lipinski definition) is 3. The first-order chi connectivity index (χ1) is 5.20. The van der Waals surface area contributed by atoms with E-state index < -0.39 is 0 Å². The predicted octanol–water partition coefficient (Wildman–Crippen LogP) is 0.547. The van der Waals surface area contributed by atoms with Crippen LogP contribution >= 0.6 is 0 Å². The van der Waals surface area contributed by atoms with E-state index in [0.29, 0.717) is 0 Å². The second-order valence-corrected chi connectivity index (χ2v) is 3.21. The normalized spacial score (nSPS) is 24.1. The van der Waals surface area contributed by atoms with Crippen LogP contribution < -0.4 is 5.32 Å². The first kappa shape index (κ1) is 8.53. The third-order valence-electron chi connectivity index (χ3n) is 1.77. The Hall–Kier alpha value is -0.570. The van der Waals surface area contributed by atoms with Gasteiger partial charge in [-0.1, -0.05) is 13.8 Å². The summed E-state index contributed by atoms with van der Waals surface area (Å²) in [4.78, 5) is 11.0. The number of esters is 1. The van der Waals surface area contributed by atoms with E-state index in [2.05, 4.69) is 5.32 Å². The summed E-state index contributed by atoms with van der Waals surface area (Å²) < 4.78 is 5.17. The van der Waals surface area contributed by atoms with E-state index >= 15 is 0 Å². The molecule has 64 valence electrons. The van der Waals surface area contributed by atoms with Gasteiger partial charge in [0.1, 0.15) is 6.10 Å². The Morgan fingerprint density at radius 3 is 2.82 bits per heavy atom. The maximum Gasteiger partial charge on any atom is 0.308 e. The van der Waals surface area contributed by atoms with Crippen LogP contribution in [0.1, 0.15) is 20.3 Å². The Bertz CT molecular complexity index is 139. The average molecular weight is 157 g/mol. The highest BCUT2D eigenvalue weighted by molar-refractivity contribution is 5.71. The molecule has 11 heavy (non-hydrogen) atoms. The van der Waals surface area contributed by atoms with Crippen molar-refractivity contribution < 1.29 is 9.53 Å². The molecule has 1 atom stereocenters. The van der Waals surface area contributed by atoms with Crippen LogP contribution in [0.15, 0.2) is 0 Å². The van der Waals surface area contributed by atoms with Crippen molar-refractivity contribution in [2.24, 2.45) is 5.92 Å². The maximum absolute atomic E-state index is 11.0. The number of ether oxygens (including phenoxy) is 1. The molecule has 0 radical (unpaired) electrons. The molecule has 1 heterocycles. The molecule has 0 aromatic rings. The molecule has 0 spiro atoms. The van der Waals surface area contributed by atoms with Crippen molar-refractivity contribution in [3.05, 3.63) is 0 Å². The van der Waals surface area contributed by atoms with Gasteiger partial charge in [0.25, 0.3) is 0 Å². The predicted molar refractivity (Wildman–Crippen MR) is 42.2 cm³/mol. The lowest BCUT2D eigenvalue weighted by molar-refractivity contribution is -0.151. The van der Waals surface area contributed by atoms with Gasteiger partial charge in [-0.3, -0.25) is 4.79 Å². The summed E-state index contributed by atoms with van der Waals surface area (Å²) in [5, 5.41) is 3.14. The largest absolute Gasteiger partial charge is 0.461 e. The van der Waals surface area contributed by atoms with E-state index in [0.717, 1.165) is 19.5 Å². The van der Waals surface area contributed by atoms with Gasteiger partial charge in [-0.05, 0) is 13.0 Å². The molecule has 0 unspecified atom stereocenters. The molecule has 0 amide bonds. The van der Waals surface area contributed by atoms with Gasteiger partial charge in [0.05, 0.1) is 5.92 Å². The molecule has 1 fully saturated rings. The molecule has 1 aliphatic rings. The van der Waals surface area contributed by atoms with E-state index in [1.54, 1.807) is 0 Å². The van der Waals surface area contributed by atoms with E-state index in [1.165, 1.54) is 0 Å². The lowest BCUT2D eigenvalue weighted by Gasteiger charge is -2.11. The Morgan fingerprint density at radius 1 is 1.64 bits per heavy atom. The van der Waals surface area contributed by atoms with Crippen molar-refractivity contribution in [1.82, 2.24) is 5.32 Å². The van der Waals surface area contributed by atoms with Crippen LogP contribution in [0.4, 0.5) is 0 Å². The van der Waals surface area contributed by atoms with Crippen molar-refractivity contribution in [1.29, 1.82) is 0 Å². The van der Waals surface area contributed by atoms with Crippen LogP contribution in [-0.2, 0) is 9.53 Å². The molecule has 3 nitrogen and oxygen atoms in total. The number of carbonyl (C=O) groups excluding carboxylic acids is 1. The molecule has 0 bridgehead atoms. The zero-order valence-corrected chi connectivity index (χ0v) is 7.09. The molecule has 0 aromatic heterocycles. The van der Waals surface area contributed by atoms with E-state index in [-0.39, 0.29) is 18.0 Å². The SMILES string of the molecule is CC(C)C(=O)O[C@@H]1CCNC1. The first-order valence-corrected chi connectivity index (χ1v) is 4.11. The number of nitrogens with one attached hydrogen (secondary N) is 1. The quantitative estimate of drug-likeness (QED) is 0.595.